The Hall–Kier alpha value is -3.47. The SMILES string of the molecule is COC(=O)c1c(C)[nH]c(C(=O)/C(C#N)=C\c2ccc(OC(F)F)cc2)c1C. The van der Waals surface area contributed by atoms with Gasteiger partial charge in [0.15, 0.2) is 0 Å². The van der Waals surface area contributed by atoms with Gasteiger partial charge < -0.3 is 14.5 Å². The number of esters is 1. The molecule has 1 N–H and O–H groups in total. The van der Waals surface area contributed by atoms with E-state index in [1.165, 1.54) is 37.5 Å². The van der Waals surface area contributed by atoms with E-state index in [0.717, 1.165) is 0 Å². The van der Waals surface area contributed by atoms with Gasteiger partial charge in [0, 0.05) is 5.69 Å². The van der Waals surface area contributed by atoms with E-state index in [0.29, 0.717) is 16.8 Å². The third kappa shape index (κ3) is 4.39. The van der Waals surface area contributed by atoms with Gasteiger partial charge in [-0.3, -0.25) is 4.79 Å². The molecule has 140 valence electrons. The molecule has 0 saturated carbocycles. The summed E-state index contributed by atoms with van der Waals surface area (Å²) in [5.41, 5.74) is 1.46. The number of Topliss-reactive ketones (excluding diaryl/α,β-unsaturated/α-hetero) is 1. The van der Waals surface area contributed by atoms with Crippen molar-refractivity contribution < 1.29 is 27.8 Å². The van der Waals surface area contributed by atoms with Crippen molar-refractivity contribution in [2.24, 2.45) is 0 Å². The van der Waals surface area contributed by atoms with Crippen molar-refractivity contribution >= 4 is 17.8 Å². The number of aromatic nitrogens is 1. The molecule has 0 atom stereocenters. The molecule has 6 nitrogen and oxygen atoms in total. The van der Waals surface area contributed by atoms with E-state index in [1.807, 2.05) is 6.07 Å². The van der Waals surface area contributed by atoms with Gasteiger partial charge >= 0.3 is 12.6 Å². The fourth-order valence-electron chi connectivity index (χ4n) is 2.58. The van der Waals surface area contributed by atoms with E-state index < -0.39 is 18.4 Å². The molecule has 0 unspecified atom stereocenters. The van der Waals surface area contributed by atoms with E-state index in [-0.39, 0.29) is 22.6 Å². The van der Waals surface area contributed by atoms with Crippen LogP contribution < -0.4 is 4.74 Å². The highest BCUT2D eigenvalue weighted by atomic mass is 19.3. The van der Waals surface area contributed by atoms with Crippen molar-refractivity contribution in [2.75, 3.05) is 7.11 Å². The molecule has 1 heterocycles. The van der Waals surface area contributed by atoms with Gasteiger partial charge in [-0.05, 0) is 43.2 Å². The number of ether oxygens (including phenoxy) is 2. The first kappa shape index (κ1) is 19.8. The topological polar surface area (TPSA) is 92.2 Å². The van der Waals surface area contributed by atoms with Crippen LogP contribution >= 0.6 is 0 Å². The van der Waals surface area contributed by atoms with Crippen LogP contribution in [-0.2, 0) is 4.74 Å². The molecule has 2 aromatic rings. The highest BCUT2D eigenvalue weighted by Gasteiger charge is 2.24. The number of carbonyl (C=O) groups is 2. The molecule has 2 rings (SSSR count). The Balaban J connectivity index is 2.35. The number of nitrogens with zero attached hydrogens (tertiary/aromatic N) is 1. The number of aryl methyl sites for hydroxylation is 1. The van der Waals surface area contributed by atoms with Crippen molar-refractivity contribution in [3.05, 3.63) is 57.9 Å². The fraction of sp³-hybridized carbons (Fsp3) is 0.211. The number of hydrogen-bond donors (Lipinski definition) is 1. The number of nitriles is 1. The maximum Gasteiger partial charge on any atom is 0.387 e. The first-order valence-corrected chi connectivity index (χ1v) is 7.77. The van der Waals surface area contributed by atoms with Gasteiger partial charge in [-0.15, -0.1) is 0 Å². The monoisotopic (exact) mass is 374 g/mol. The minimum Gasteiger partial charge on any atom is -0.465 e. The summed E-state index contributed by atoms with van der Waals surface area (Å²) in [7, 11) is 1.23. The van der Waals surface area contributed by atoms with Gasteiger partial charge in [-0.1, -0.05) is 12.1 Å². The summed E-state index contributed by atoms with van der Waals surface area (Å²) < 4.78 is 33.3. The summed E-state index contributed by atoms with van der Waals surface area (Å²) in [6, 6.07) is 7.30. The lowest BCUT2D eigenvalue weighted by atomic mass is 10.0. The number of hydrogen-bond acceptors (Lipinski definition) is 5. The predicted octanol–water partition coefficient (Wildman–Crippen LogP) is 3.81. The van der Waals surface area contributed by atoms with Crippen LogP contribution in [0.25, 0.3) is 6.08 Å². The molecule has 1 aromatic carbocycles. The number of benzene rings is 1. The summed E-state index contributed by atoms with van der Waals surface area (Å²) in [5.74, 6) is -1.22. The number of rotatable bonds is 6. The first-order chi connectivity index (χ1) is 12.8. The second kappa shape index (κ2) is 8.27. The number of methoxy groups -OCH3 is 1. The van der Waals surface area contributed by atoms with Crippen molar-refractivity contribution in [1.29, 1.82) is 5.26 Å². The van der Waals surface area contributed by atoms with E-state index in [4.69, 9.17) is 4.74 Å². The summed E-state index contributed by atoms with van der Waals surface area (Å²) in [6.45, 7) is 0.257. The van der Waals surface area contributed by atoms with E-state index in [2.05, 4.69) is 9.72 Å². The number of ketones is 1. The minimum absolute atomic E-state index is 0.0365. The fourth-order valence-corrected chi connectivity index (χ4v) is 2.58. The zero-order valence-corrected chi connectivity index (χ0v) is 14.8. The summed E-state index contributed by atoms with van der Waals surface area (Å²) in [6.07, 6.45) is 1.32. The molecule has 0 radical (unpaired) electrons. The van der Waals surface area contributed by atoms with Gasteiger partial charge in [-0.2, -0.15) is 14.0 Å². The maximum absolute atomic E-state index is 12.7. The van der Waals surface area contributed by atoms with Gasteiger partial charge in [-0.25, -0.2) is 4.79 Å². The molecule has 0 bridgehead atoms. The zero-order valence-electron chi connectivity index (χ0n) is 14.8. The molecule has 0 spiro atoms. The number of carbonyl (C=O) groups excluding carboxylic acids is 2. The Bertz CT molecular complexity index is 938. The average molecular weight is 374 g/mol. The summed E-state index contributed by atoms with van der Waals surface area (Å²) in [5, 5.41) is 9.35. The third-order valence-electron chi connectivity index (χ3n) is 3.84. The summed E-state index contributed by atoms with van der Waals surface area (Å²) >= 11 is 0. The van der Waals surface area contributed by atoms with Crippen LogP contribution in [0.1, 0.15) is 37.7 Å². The number of halogens is 2. The molecule has 0 aliphatic rings. The molecule has 0 saturated heterocycles. The summed E-state index contributed by atoms with van der Waals surface area (Å²) in [4.78, 5) is 27.3. The van der Waals surface area contributed by atoms with Crippen LogP contribution in [0.3, 0.4) is 0 Å². The van der Waals surface area contributed by atoms with E-state index >= 15 is 0 Å². The van der Waals surface area contributed by atoms with Crippen LogP contribution in [-0.4, -0.2) is 30.5 Å². The highest BCUT2D eigenvalue weighted by Crippen LogP contribution is 2.23. The molecular weight excluding hydrogens is 358 g/mol. The molecule has 1 aromatic heterocycles. The highest BCUT2D eigenvalue weighted by molar-refractivity contribution is 6.15. The number of allylic oxidation sites excluding steroid dienone is 1. The van der Waals surface area contributed by atoms with E-state index in [1.54, 1.807) is 13.8 Å². The van der Waals surface area contributed by atoms with Crippen LogP contribution in [0.2, 0.25) is 0 Å². The van der Waals surface area contributed by atoms with Crippen molar-refractivity contribution in [3.63, 3.8) is 0 Å². The molecule has 0 fully saturated rings. The lowest BCUT2D eigenvalue weighted by molar-refractivity contribution is -0.0498. The lowest BCUT2D eigenvalue weighted by Gasteiger charge is -2.04. The Kier molecular flexibility index (Phi) is 6.08. The van der Waals surface area contributed by atoms with Gasteiger partial charge in [0.1, 0.15) is 17.4 Å². The smallest absolute Gasteiger partial charge is 0.387 e. The average Bonchev–Trinajstić information content (AvgIpc) is 2.93. The largest absolute Gasteiger partial charge is 0.465 e. The maximum atomic E-state index is 12.7. The molecule has 0 aliphatic heterocycles. The Labute approximate surface area is 154 Å². The third-order valence-corrected chi connectivity index (χ3v) is 3.84. The molecule has 8 heteroatoms. The number of aromatic amines is 1. The Morgan fingerprint density at radius 2 is 1.85 bits per heavy atom. The van der Waals surface area contributed by atoms with Gasteiger partial charge in [0.05, 0.1) is 18.4 Å². The normalized spacial score (nSPS) is 11.2. The zero-order chi connectivity index (χ0) is 20.1. The molecular formula is C19H16F2N2O4. The molecule has 0 aliphatic carbocycles. The van der Waals surface area contributed by atoms with Crippen molar-refractivity contribution in [2.45, 2.75) is 20.5 Å². The van der Waals surface area contributed by atoms with Crippen molar-refractivity contribution in [3.8, 4) is 11.8 Å². The van der Waals surface area contributed by atoms with Crippen LogP contribution in [0.4, 0.5) is 8.78 Å². The number of nitrogens with one attached hydrogen (secondary N) is 1. The minimum atomic E-state index is -2.94. The van der Waals surface area contributed by atoms with Crippen LogP contribution in [0.15, 0.2) is 29.8 Å². The first-order valence-electron chi connectivity index (χ1n) is 7.77. The Morgan fingerprint density at radius 1 is 1.22 bits per heavy atom. The Morgan fingerprint density at radius 3 is 2.37 bits per heavy atom. The quantitative estimate of drug-likeness (QED) is 0.359. The standard InChI is InChI=1S/C19H16F2N2O4/c1-10-15(18(25)26-3)11(2)23-16(10)17(24)13(9-22)8-12-4-6-14(7-5-12)27-19(20)21/h4-8,19,23H,1-3H3/b13-8-. The lowest BCUT2D eigenvalue weighted by Crippen LogP contribution is -2.06. The van der Waals surface area contributed by atoms with Gasteiger partial charge in [0.2, 0.25) is 5.78 Å². The number of H-pyrrole nitrogens is 1. The second-order valence-corrected chi connectivity index (χ2v) is 5.56. The van der Waals surface area contributed by atoms with Crippen LogP contribution in [0.5, 0.6) is 5.75 Å². The molecule has 0 amide bonds. The van der Waals surface area contributed by atoms with Gasteiger partial charge in [0.25, 0.3) is 0 Å². The van der Waals surface area contributed by atoms with Crippen LogP contribution in [0, 0.1) is 25.2 Å². The van der Waals surface area contributed by atoms with Crippen molar-refractivity contribution in [1.82, 2.24) is 4.98 Å². The van der Waals surface area contributed by atoms with E-state index in [9.17, 15) is 23.6 Å². The molecule has 27 heavy (non-hydrogen) atoms. The predicted molar refractivity (Wildman–Crippen MR) is 92.6 cm³/mol. The number of alkyl halides is 2. The second-order valence-electron chi connectivity index (χ2n) is 5.56.